The van der Waals surface area contributed by atoms with Gasteiger partial charge in [0.15, 0.2) is 11.5 Å². The summed E-state index contributed by atoms with van der Waals surface area (Å²) in [6.07, 6.45) is 0.697. The molecular weight excluding hydrogens is 322 g/mol. The average molecular weight is 343 g/mol. The van der Waals surface area contributed by atoms with Crippen LogP contribution in [0.3, 0.4) is 0 Å². The standard InChI is InChI=1S/C19H21NO5/c1-12-16(22-2)9-14(10-17(12)23-3)19(21)20-7-6-13-4-5-15-18(8-13)25-11-24-15/h4-5,8-10H,6-7,11H2,1-3H3,(H,20,21). The molecule has 0 saturated heterocycles. The number of nitrogens with one attached hydrogen (secondary N) is 1. The van der Waals surface area contributed by atoms with Crippen LogP contribution >= 0.6 is 0 Å². The van der Waals surface area contributed by atoms with E-state index in [2.05, 4.69) is 5.32 Å². The maximum Gasteiger partial charge on any atom is 0.251 e. The van der Waals surface area contributed by atoms with Gasteiger partial charge in [0.05, 0.1) is 14.2 Å². The lowest BCUT2D eigenvalue weighted by Gasteiger charge is -2.13. The number of hydrogen-bond acceptors (Lipinski definition) is 5. The molecule has 6 nitrogen and oxygen atoms in total. The second-order valence-electron chi connectivity index (χ2n) is 5.70. The van der Waals surface area contributed by atoms with Crippen molar-refractivity contribution in [2.75, 3.05) is 27.6 Å². The van der Waals surface area contributed by atoms with E-state index in [0.29, 0.717) is 30.0 Å². The summed E-state index contributed by atoms with van der Waals surface area (Å²) in [6, 6.07) is 9.22. The highest BCUT2D eigenvalue weighted by atomic mass is 16.7. The number of hydrogen-bond donors (Lipinski definition) is 1. The Bertz CT molecular complexity index is 762. The zero-order valence-electron chi connectivity index (χ0n) is 14.5. The van der Waals surface area contributed by atoms with Gasteiger partial charge >= 0.3 is 0 Å². The fourth-order valence-corrected chi connectivity index (χ4v) is 2.74. The number of amides is 1. The Hall–Kier alpha value is -2.89. The summed E-state index contributed by atoms with van der Waals surface area (Å²) in [4.78, 5) is 12.4. The number of rotatable bonds is 6. The van der Waals surface area contributed by atoms with Gasteiger partial charge in [-0.25, -0.2) is 0 Å². The first-order chi connectivity index (χ1) is 12.1. The van der Waals surface area contributed by atoms with E-state index in [9.17, 15) is 4.79 Å². The predicted octanol–water partition coefficient (Wildman–Crippen LogP) is 2.71. The van der Waals surface area contributed by atoms with Crippen molar-refractivity contribution >= 4 is 5.91 Å². The summed E-state index contributed by atoms with van der Waals surface area (Å²) in [5.74, 6) is 2.58. The monoisotopic (exact) mass is 343 g/mol. The van der Waals surface area contributed by atoms with E-state index in [1.165, 1.54) is 0 Å². The van der Waals surface area contributed by atoms with Crippen molar-refractivity contribution in [1.29, 1.82) is 0 Å². The van der Waals surface area contributed by atoms with E-state index < -0.39 is 0 Å². The summed E-state index contributed by atoms with van der Waals surface area (Å²) >= 11 is 0. The molecule has 0 fully saturated rings. The van der Waals surface area contributed by atoms with Crippen molar-refractivity contribution in [2.45, 2.75) is 13.3 Å². The van der Waals surface area contributed by atoms with Crippen LogP contribution in [0.25, 0.3) is 0 Å². The third-order valence-corrected chi connectivity index (χ3v) is 4.15. The Kier molecular flexibility index (Phi) is 4.97. The molecule has 3 rings (SSSR count). The average Bonchev–Trinajstić information content (AvgIpc) is 3.09. The van der Waals surface area contributed by atoms with E-state index in [-0.39, 0.29) is 12.7 Å². The van der Waals surface area contributed by atoms with Crippen LogP contribution in [0.5, 0.6) is 23.0 Å². The molecule has 1 heterocycles. The number of fused-ring (bicyclic) bond motifs is 1. The lowest BCUT2D eigenvalue weighted by Crippen LogP contribution is -2.25. The summed E-state index contributed by atoms with van der Waals surface area (Å²) in [7, 11) is 3.15. The van der Waals surface area contributed by atoms with Crippen molar-refractivity contribution in [3.8, 4) is 23.0 Å². The zero-order valence-corrected chi connectivity index (χ0v) is 14.5. The van der Waals surface area contributed by atoms with Gasteiger partial charge in [-0.05, 0) is 43.2 Å². The second kappa shape index (κ2) is 7.34. The number of ether oxygens (including phenoxy) is 4. The zero-order chi connectivity index (χ0) is 17.8. The molecule has 0 saturated carbocycles. The summed E-state index contributed by atoms with van der Waals surface area (Å²) < 4.78 is 21.3. The highest BCUT2D eigenvalue weighted by Crippen LogP contribution is 2.32. The van der Waals surface area contributed by atoms with E-state index in [1.807, 2.05) is 25.1 Å². The van der Waals surface area contributed by atoms with Crippen LogP contribution in [0.15, 0.2) is 30.3 Å². The molecule has 0 unspecified atom stereocenters. The number of benzene rings is 2. The highest BCUT2D eigenvalue weighted by molar-refractivity contribution is 5.95. The van der Waals surface area contributed by atoms with Crippen LogP contribution in [0, 0.1) is 6.92 Å². The molecule has 0 bridgehead atoms. The molecule has 1 aliphatic rings. The summed E-state index contributed by atoms with van der Waals surface area (Å²) in [5, 5.41) is 2.92. The van der Waals surface area contributed by atoms with Crippen molar-refractivity contribution in [2.24, 2.45) is 0 Å². The Labute approximate surface area is 146 Å². The van der Waals surface area contributed by atoms with Crippen molar-refractivity contribution in [3.05, 3.63) is 47.0 Å². The summed E-state index contributed by atoms with van der Waals surface area (Å²) in [5.41, 5.74) is 2.44. The van der Waals surface area contributed by atoms with E-state index in [0.717, 1.165) is 22.6 Å². The fraction of sp³-hybridized carbons (Fsp3) is 0.316. The van der Waals surface area contributed by atoms with Gasteiger partial charge < -0.3 is 24.3 Å². The van der Waals surface area contributed by atoms with Gasteiger partial charge in [0.2, 0.25) is 6.79 Å². The van der Waals surface area contributed by atoms with Gasteiger partial charge in [-0.3, -0.25) is 4.79 Å². The molecule has 1 N–H and O–H groups in total. The molecule has 1 aliphatic heterocycles. The number of carbonyl (C=O) groups excluding carboxylic acids is 1. The maximum atomic E-state index is 12.4. The van der Waals surface area contributed by atoms with Gasteiger partial charge in [-0.1, -0.05) is 6.07 Å². The van der Waals surface area contributed by atoms with E-state index in [4.69, 9.17) is 18.9 Å². The minimum atomic E-state index is -0.169. The van der Waals surface area contributed by atoms with E-state index in [1.54, 1.807) is 26.4 Å². The van der Waals surface area contributed by atoms with Crippen LogP contribution in [0.2, 0.25) is 0 Å². The Morgan fingerprint density at radius 1 is 1.08 bits per heavy atom. The van der Waals surface area contributed by atoms with Crippen LogP contribution in [0.4, 0.5) is 0 Å². The smallest absolute Gasteiger partial charge is 0.251 e. The lowest BCUT2D eigenvalue weighted by atomic mass is 10.1. The molecule has 0 atom stereocenters. The molecule has 0 radical (unpaired) electrons. The molecule has 0 spiro atoms. The SMILES string of the molecule is COc1cc(C(=O)NCCc2ccc3c(c2)OCO3)cc(OC)c1C. The third-order valence-electron chi connectivity index (χ3n) is 4.15. The predicted molar refractivity (Wildman–Crippen MR) is 92.9 cm³/mol. The van der Waals surface area contributed by atoms with Crippen molar-refractivity contribution in [3.63, 3.8) is 0 Å². The minimum absolute atomic E-state index is 0.169. The molecule has 6 heteroatoms. The Morgan fingerprint density at radius 3 is 2.44 bits per heavy atom. The largest absolute Gasteiger partial charge is 0.496 e. The molecular formula is C19H21NO5. The van der Waals surface area contributed by atoms with Gasteiger partial charge in [-0.15, -0.1) is 0 Å². The van der Waals surface area contributed by atoms with Gasteiger partial charge in [0.25, 0.3) is 5.91 Å². The van der Waals surface area contributed by atoms with Gasteiger partial charge in [0, 0.05) is 17.7 Å². The summed E-state index contributed by atoms with van der Waals surface area (Å²) in [6.45, 7) is 2.66. The highest BCUT2D eigenvalue weighted by Gasteiger charge is 2.15. The van der Waals surface area contributed by atoms with Gasteiger partial charge in [0.1, 0.15) is 11.5 Å². The molecule has 0 aromatic heterocycles. The van der Waals surface area contributed by atoms with Crippen molar-refractivity contribution in [1.82, 2.24) is 5.32 Å². The normalized spacial score (nSPS) is 12.0. The van der Waals surface area contributed by atoms with E-state index >= 15 is 0 Å². The first-order valence-electron chi connectivity index (χ1n) is 8.01. The molecule has 2 aromatic carbocycles. The van der Waals surface area contributed by atoms with Crippen LogP contribution in [-0.4, -0.2) is 33.5 Å². The first-order valence-corrected chi connectivity index (χ1v) is 8.01. The quantitative estimate of drug-likeness (QED) is 0.874. The molecule has 25 heavy (non-hydrogen) atoms. The number of methoxy groups -OCH3 is 2. The number of carbonyl (C=O) groups is 1. The van der Waals surface area contributed by atoms with Crippen LogP contribution < -0.4 is 24.3 Å². The third kappa shape index (κ3) is 3.63. The fourth-order valence-electron chi connectivity index (χ4n) is 2.74. The Balaban J connectivity index is 1.63. The molecule has 2 aromatic rings. The van der Waals surface area contributed by atoms with Gasteiger partial charge in [-0.2, -0.15) is 0 Å². The molecule has 1 amide bonds. The second-order valence-corrected chi connectivity index (χ2v) is 5.70. The first kappa shape index (κ1) is 17.0. The minimum Gasteiger partial charge on any atom is -0.496 e. The topological polar surface area (TPSA) is 66.0 Å². The van der Waals surface area contributed by atoms with Crippen LogP contribution in [-0.2, 0) is 6.42 Å². The molecule has 0 aliphatic carbocycles. The Morgan fingerprint density at radius 2 is 1.76 bits per heavy atom. The maximum absolute atomic E-state index is 12.4. The van der Waals surface area contributed by atoms with Crippen LogP contribution in [0.1, 0.15) is 21.5 Å². The molecule has 132 valence electrons. The lowest BCUT2D eigenvalue weighted by molar-refractivity contribution is 0.0953. The van der Waals surface area contributed by atoms with Crippen molar-refractivity contribution < 1.29 is 23.7 Å².